The quantitative estimate of drug-likeness (QED) is 0.657. The molecule has 0 radical (unpaired) electrons. The van der Waals surface area contributed by atoms with Crippen LogP contribution in [0.1, 0.15) is 30.9 Å². The van der Waals surface area contributed by atoms with Gasteiger partial charge in [0, 0.05) is 31.0 Å². The molecule has 2 aromatic carbocycles. The molecule has 1 amide bonds. The zero-order valence-electron chi connectivity index (χ0n) is 15.7. The third kappa shape index (κ3) is 3.72. The maximum atomic E-state index is 13.2. The second kappa shape index (κ2) is 7.48. The summed E-state index contributed by atoms with van der Waals surface area (Å²) in [6.07, 6.45) is 1.53. The van der Waals surface area contributed by atoms with Gasteiger partial charge in [-0.25, -0.2) is 12.4 Å². The topological polar surface area (TPSA) is 88.4 Å². The molecule has 0 saturated heterocycles. The number of hydrogen-bond donors (Lipinski definition) is 2. The zero-order valence-corrected chi connectivity index (χ0v) is 17.3. The van der Waals surface area contributed by atoms with Crippen LogP contribution in [0.2, 0.25) is 5.02 Å². The number of aryl methyl sites for hydroxylation is 1. The van der Waals surface area contributed by atoms with Gasteiger partial charge in [0.1, 0.15) is 5.75 Å². The van der Waals surface area contributed by atoms with Crippen molar-refractivity contribution in [1.29, 1.82) is 0 Å². The number of nitrogens with one attached hydrogen (secondary N) is 1. The van der Waals surface area contributed by atoms with E-state index in [1.165, 1.54) is 29.2 Å². The number of fused-ring (bicyclic) bond motifs is 1. The maximum absolute atomic E-state index is 13.2. The van der Waals surface area contributed by atoms with E-state index in [2.05, 4.69) is 5.32 Å². The van der Waals surface area contributed by atoms with E-state index < -0.39 is 10.0 Å². The number of aromatic nitrogens is 1. The number of nitrogens with zero attached hydrogens (tertiary/aromatic N) is 1. The van der Waals surface area contributed by atoms with Crippen LogP contribution in [-0.4, -0.2) is 29.9 Å². The van der Waals surface area contributed by atoms with E-state index in [4.69, 9.17) is 11.6 Å². The van der Waals surface area contributed by atoms with E-state index in [0.29, 0.717) is 23.0 Å². The van der Waals surface area contributed by atoms with Crippen molar-refractivity contribution in [2.24, 2.45) is 0 Å². The molecule has 3 aromatic rings. The van der Waals surface area contributed by atoms with Crippen molar-refractivity contribution in [3.05, 3.63) is 58.7 Å². The molecule has 0 bridgehead atoms. The van der Waals surface area contributed by atoms with Crippen LogP contribution < -0.4 is 5.32 Å². The van der Waals surface area contributed by atoms with Crippen molar-refractivity contribution in [1.82, 2.24) is 9.29 Å². The van der Waals surface area contributed by atoms with Crippen molar-refractivity contribution in [3.8, 4) is 5.75 Å². The lowest BCUT2D eigenvalue weighted by molar-refractivity contribution is -0.119. The van der Waals surface area contributed by atoms with Crippen molar-refractivity contribution in [2.75, 3.05) is 6.54 Å². The minimum Gasteiger partial charge on any atom is -0.506 e. The Labute approximate surface area is 168 Å². The molecule has 0 aliphatic heterocycles. The van der Waals surface area contributed by atoms with Crippen molar-refractivity contribution in [2.45, 2.75) is 31.6 Å². The minimum absolute atomic E-state index is 0.0621. The van der Waals surface area contributed by atoms with Crippen molar-refractivity contribution in [3.63, 3.8) is 0 Å². The fourth-order valence-electron chi connectivity index (χ4n) is 3.05. The van der Waals surface area contributed by atoms with Crippen LogP contribution in [0, 0.1) is 6.92 Å². The number of carbonyl (C=O) groups excluding carboxylic acids is 1. The van der Waals surface area contributed by atoms with Crippen LogP contribution in [0.15, 0.2) is 47.5 Å². The number of benzene rings is 2. The summed E-state index contributed by atoms with van der Waals surface area (Å²) in [6.45, 7) is 5.51. The lowest BCUT2D eigenvalue weighted by Crippen LogP contribution is -2.24. The SMILES string of the molecule is CC(=O)NC[C@H](C)c1cn(S(=O)(=O)c2ccc(C)cc2)c2cc(Cl)c(O)cc12. The summed E-state index contributed by atoms with van der Waals surface area (Å²) in [5.41, 5.74) is 2.01. The molecule has 0 saturated carbocycles. The van der Waals surface area contributed by atoms with E-state index in [9.17, 15) is 18.3 Å². The Morgan fingerprint density at radius 1 is 1.25 bits per heavy atom. The summed E-state index contributed by atoms with van der Waals surface area (Å²) in [7, 11) is -3.87. The van der Waals surface area contributed by atoms with Crippen LogP contribution in [0.5, 0.6) is 5.75 Å². The van der Waals surface area contributed by atoms with Gasteiger partial charge in [0.15, 0.2) is 0 Å². The number of phenols is 1. The van der Waals surface area contributed by atoms with E-state index >= 15 is 0 Å². The summed E-state index contributed by atoms with van der Waals surface area (Å²) in [6, 6.07) is 9.47. The monoisotopic (exact) mass is 420 g/mol. The van der Waals surface area contributed by atoms with Crippen LogP contribution in [-0.2, 0) is 14.8 Å². The second-order valence-corrected chi connectivity index (χ2v) is 9.08. The molecule has 8 heteroatoms. The molecule has 28 heavy (non-hydrogen) atoms. The van der Waals surface area contributed by atoms with Crippen molar-refractivity contribution >= 4 is 38.4 Å². The Kier molecular flexibility index (Phi) is 5.41. The Bertz CT molecular complexity index is 1150. The average molecular weight is 421 g/mol. The van der Waals surface area contributed by atoms with Crippen LogP contribution in [0.4, 0.5) is 0 Å². The van der Waals surface area contributed by atoms with E-state index in [1.54, 1.807) is 24.3 Å². The van der Waals surface area contributed by atoms with Crippen LogP contribution >= 0.6 is 11.6 Å². The summed E-state index contributed by atoms with van der Waals surface area (Å²) in [4.78, 5) is 11.4. The fraction of sp³-hybridized carbons (Fsp3) is 0.250. The molecular weight excluding hydrogens is 400 g/mol. The molecule has 0 fully saturated rings. The highest BCUT2D eigenvalue weighted by atomic mass is 35.5. The van der Waals surface area contributed by atoms with Gasteiger partial charge in [-0.15, -0.1) is 0 Å². The first-order chi connectivity index (χ1) is 13.1. The molecule has 0 spiro atoms. The zero-order chi connectivity index (χ0) is 20.6. The van der Waals surface area contributed by atoms with Gasteiger partial charge in [-0.3, -0.25) is 4.79 Å². The Morgan fingerprint density at radius 2 is 1.89 bits per heavy atom. The lowest BCUT2D eigenvalue weighted by atomic mass is 10.0. The number of rotatable bonds is 5. The van der Waals surface area contributed by atoms with Gasteiger partial charge in [0.05, 0.1) is 15.4 Å². The number of phenolic OH excluding ortho intramolecular Hbond substituents is 1. The van der Waals surface area contributed by atoms with Crippen molar-refractivity contribution < 1.29 is 18.3 Å². The molecule has 2 N–H and O–H groups in total. The highest BCUT2D eigenvalue weighted by Gasteiger charge is 2.24. The van der Waals surface area contributed by atoms with Gasteiger partial charge in [0.25, 0.3) is 10.0 Å². The Morgan fingerprint density at radius 3 is 2.50 bits per heavy atom. The van der Waals surface area contributed by atoms with Gasteiger partial charge in [-0.2, -0.15) is 0 Å². The van der Waals surface area contributed by atoms with Crippen LogP contribution in [0.3, 0.4) is 0 Å². The van der Waals surface area contributed by atoms with Gasteiger partial charge in [-0.1, -0.05) is 36.2 Å². The third-order valence-electron chi connectivity index (χ3n) is 4.64. The molecule has 3 rings (SSSR count). The lowest BCUT2D eigenvalue weighted by Gasteiger charge is -2.11. The van der Waals surface area contributed by atoms with E-state index in [1.807, 2.05) is 13.8 Å². The summed E-state index contributed by atoms with van der Waals surface area (Å²) in [5, 5.41) is 13.4. The largest absolute Gasteiger partial charge is 0.506 e. The first-order valence-electron chi connectivity index (χ1n) is 8.71. The first kappa shape index (κ1) is 20.2. The molecular formula is C20H21ClN2O4S. The smallest absolute Gasteiger partial charge is 0.268 e. The summed E-state index contributed by atoms with van der Waals surface area (Å²) >= 11 is 6.05. The fourth-order valence-corrected chi connectivity index (χ4v) is 4.58. The standard InChI is InChI=1S/C20H21ClN2O4S/c1-12-4-6-15(7-5-12)28(26,27)23-11-17(13(2)10-22-14(3)24)16-8-20(25)18(21)9-19(16)23/h4-9,11,13,25H,10H2,1-3H3,(H,22,24)/t13-/m0/s1. The Hall–Kier alpha value is -2.51. The number of hydrogen-bond acceptors (Lipinski definition) is 4. The third-order valence-corrected chi connectivity index (χ3v) is 6.63. The molecule has 148 valence electrons. The van der Waals surface area contributed by atoms with Crippen LogP contribution in [0.25, 0.3) is 10.9 Å². The normalized spacial score (nSPS) is 12.9. The maximum Gasteiger partial charge on any atom is 0.268 e. The highest BCUT2D eigenvalue weighted by Crippen LogP contribution is 2.36. The first-order valence-corrected chi connectivity index (χ1v) is 10.5. The minimum atomic E-state index is -3.87. The van der Waals surface area contributed by atoms with Gasteiger partial charge in [-0.05, 0) is 36.8 Å². The van der Waals surface area contributed by atoms with Gasteiger partial charge < -0.3 is 10.4 Å². The second-order valence-electron chi connectivity index (χ2n) is 6.86. The number of amides is 1. The predicted octanol–water partition coefficient (Wildman–Crippen LogP) is 3.79. The van der Waals surface area contributed by atoms with E-state index in [0.717, 1.165) is 5.56 Å². The molecule has 0 aliphatic rings. The average Bonchev–Trinajstić information content (AvgIpc) is 2.99. The van der Waals surface area contributed by atoms with Gasteiger partial charge >= 0.3 is 0 Å². The number of aromatic hydroxyl groups is 1. The molecule has 6 nitrogen and oxygen atoms in total. The number of halogens is 1. The molecule has 0 unspecified atom stereocenters. The number of carbonyl (C=O) groups is 1. The highest BCUT2D eigenvalue weighted by molar-refractivity contribution is 7.90. The van der Waals surface area contributed by atoms with Gasteiger partial charge in [0.2, 0.25) is 5.91 Å². The molecule has 1 atom stereocenters. The Balaban J connectivity index is 2.21. The molecule has 1 aromatic heterocycles. The summed E-state index contributed by atoms with van der Waals surface area (Å²) in [5.74, 6) is -0.483. The molecule has 1 heterocycles. The predicted molar refractivity (Wildman–Crippen MR) is 109 cm³/mol. The molecule has 0 aliphatic carbocycles. The summed E-state index contributed by atoms with van der Waals surface area (Å²) < 4.78 is 27.7. The van der Waals surface area contributed by atoms with E-state index in [-0.39, 0.29) is 27.5 Å².